The van der Waals surface area contributed by atoms with Gasteiger partial charge < -0.3 is 14.6 Å². The highest BCUT2D eigenvalue weighted by Gasteiger charge is 2.13. The van der Waals surface area contributed by atoms with E-state index in [0.717, 1.165) is 22.4 Å². The summed E-state index contributed by atoms with van der Waals surface area (Å²) in [6, 6.07) is 7.28. The van der Waals surface area contributed by atoms with Crippen LogP contribution in [0.5, 0.6) is 0 Å². The van der Waals surface area contributed by atoms with E-state index in [1.54, 1.807) is 13.2 Å². The number of hydrogen-bond donors (Lipinski definition) is 1. The molecule has 0 saturated heterocycles. The van der Waals surface area contributed by atoms with Gasteiger partial charge in [-0.25, -0.2) is 4.68 Å². The van der Waals surface area contributed by atoms with Crippen molar-refractivity contribution in [3.8, 4) is 0 Å². The molecule has 0 radical (unpaired) electrons. The highest BCUT2D eigenvalue weighted by atomic mass is 16.5. The summed E-state index contributed by atoms with van der Waals surface area (Å²) in [7, 11) is 1.58. The zero-order valence-corrected chi connectivity index (χ0v) is 16.3. The van der Waals surface area contributed by atoms with Gasteiger partial charge in [0.15, 0.2) is 0 Å². The first-order valence-corrected chi connectivity index (χ1v) is 9.17. The first-order valence-electron chi connectivity index (χ1n) is 9.17. The number of ether oxygens (including phenoxy) is 1. The number of aryl methyl sites for hydroxylation is 2. The summed E-state index contributed by atoms with van der Waals surface area (Å²) in [6.45, 7) is 4.69. The van der Waals surface area contributed by atoms with Gasteiger partial charge in [0.05, 0.1) is 36.5 Å². The van der Waals surface area contributed by atoms with Gasteiger partial charge >= 0.3 is 0 Å². The molecule has 1 aromatic carbocycles. The number of hydrogen-bond acceptors (Lipinski definition) is 6. The van der Waals surface area contributed by atoms with E-state index in [-0.39, 0.29) is 18.0 Å². The molecule has 0 atom stereocenters. The molecule has 0 aliphatic carbocycles. The maximum absolute atomic E-state index is 12.6. The molecule has 0 unspecified atom stereocenters. The van der Waals surface area contributed by atoms with Crippen molar-refractivity contribution in [2.75, 3.05) is 13.7 Å². The molecule has 3 aromatic rings. The number of carbonyl (C=O) groups is 1. The van der Waals surface area contributed by atoms with E-state index in [4.69, 9.17) is 9.26 Å². The van der Waals surface area contributed by atoms with E-state index in [1.807, 2.05) is 32.0 Å². The van der Waals surface area contributed by atoms with Gasteiger partial charge in [-0.1, -0.05) is 23.4 Å². The number of fused-ring (bicyclic) bond motifs is 1. The topological polar surface area (TPSA) is 99.2 Å². The fourth-order valence-corrected chi connectivity index (χ4v) is 3.13. The second kappa shape index (κ2) is 8.79. The Morgan fingerprint density at radius 2 is 2.00 bits per heavy atom. The Morgan fingerprint density at radius 3 is 2.68 bits per heavy atom. The average Bonchev–Trinajstić information content (AvgIpc) is 3.02. The Labute approximate surface area is 162 Å². The average molecular weight is 384 g/mol. The molecule has 8 heteroatoms. The number of nitrogens with one attached hydrogen (secondary N) is 1. The molecule has 0 bridgehead atoms. The van der Waals surface area contributed by atoms with Gasteiger partial charge in [-0.2, -0.15) is 5.10 Å². The molecule has 2 heterocycles. The van der Waals surface area contributed by atoms with Crippen molar-refractivity contribution in [2.45, 2.75) is 39.8 Å². The van der Waals surface area contributed by atoms with E-state index in [9.17, 15) is 9.59 Å². The molecule has 0 saturated carbocycles. The van der Waals surface area contributed by atoms with Crippen molar-refractivity contribution in [3.63, 3.8) is 0 Å². The lowest BCUT2D eigenvalue weighted by Gasteiger charge is -2.11. The summed E-state index contributed by atoms with van der Waals surface area (Å²) in [4.78, 5) is 24.9. The Kier molecular flexibility index (Phi) is 6.20. The van der Waals surface area contributed by atoms with Crippen LogP contribution in [0.4, 0.5) is 0 Å². The lowest BCUT2D eigenvalue weighted by molar-refractivity contribution is -0.121. The van der Waals surface area contributed by atoms with Crippen molar-refractivity contribution in [1.29, 1.82) is 0 Å². The normalized spacial score (nSPS) is 11.1. The molecule has 0 fully saturated rings. The number of aromatic nitrogens is 3. The first kappa shape index (κ1) is 19.8. The maximum Gasteiger partial charge on any atom is 0.274 e. The van der Waals surface area contributed by atoms with Crippen LogP contribution in [0, 0.1) is 13.8 Å². The van der Waals surface area contributed by atoms with Gasteiger partial charge in [0.2, 0.25) is 5.91 Å². The highest BCUT2D eigenvalue weighted by Crippen LogP contribution is 2.15. The lowest BCUT2D eigenvalue weighted by Crippen LogP contribution is -2.29. The zero-order valence-electron chi connectivity index (χ0n) is 16.3. The van der Waals surface area contributed by atoms with Crippen molar-refractivity contribution in [3.05, 3.63) is 57.3 Å². The number of amides is 1. The SMILES string of the molecule is COCCn1nc(CNC(=O)CCc2c(C)noc2C)c2ccccc2c1=O. The highest BCUT2D eigenvalue weighted by molar-refractivity contribution is 5.84. The molecule has 2 aromatic heterocycles. The van der Waals surface area contributed by atoms with Crippen molar-refractivity contribution in [2.24, 2.45) is 0 Å². The maximum atomic E-state index is 12.6. The summed E-state index contributed by atoms with van der Waals surface area (Å²) in [5, 5.41) is 12.6. The monoisotopic (exact) mass is 384 g/mol. The van der Waals surface area contributed by atoms with Gasteiger partial charge in [0.25, 0.3) is 5.56 Å². The Balaban J connectivity index is 1.73. The molecule has 0 spiro atoms. The van der Waals surface area contributed by atoms with Crippen LogP contribution in [0.2, 0.25) is 0 Å². The molecule has 28 heavy (non-hydrogen) atoms. The number of carbonyl (C=O) groups excluding carboxylic acids is 1. The van der Waals surface area contributed by atoms with Gasteiger partial charge in [-0.3, -0.25) is 9.59 Å². The fourth-order valence-electron chi connectivity index (χ4n) is 3.13. The summed E-state index contributed by atoms with van der Waals surface area (Å²) in [6.07, 6.45) is 0.888. The Bertz CT molecular complexity index is 1020. The molecule has 0 aliphatic rings. The van der Waals surface area contributed by atoms with Gasteiger partial charge in [0, 0.05) is 24.5 Å². The molecule has 1 N–H and O–H groups in total. The van der Waals surface area contributed by atoms with E-state index >= 15 is 0 Å². The number of rotatable bonds is 8. The molecule has 3 rings (SSSR count). The minimum Gasteiger partial charge on any atom is -0.383 e. The van der Waals surface area contributed by atoms with Gasteiger partial charge in [0.1, 0.15) is 5.76 Å². The summed E-state index contributed by atoms with van der Waals surface area (Å²) >= 11 is 0. The Hall–Kier alpha value is -3.00. The van der Waals surface area contributed by atoms with Crippen molar-refractivity contribution < 1.29 is 14.1 Å². The molecular formula is C20H24N4O4. The van der Waals surface area contributed by atoms with Gasteiger partial charge in [-0.15, -0.1) is 0 Å². The number of nitrogens with zero attached hydrogens (tertiary/aromatic N) is 3. The standard InChI is InChI=1S/C20H24N4O4/c1-13-15(14(2)28-23-13)8-9-19(25)21-12-18-16-6-4-5-7-17(16)20(26)24(22-18)10-11-27-3/h4-7H,8-12H2,1-3H3,(H,21,25). The third-order valence-corrected chi connectivity index (χ3v) is 4.69. The van der Waals surface area contributed by atoms with Crippen LogP contribution in [0.1, 0.15) is 29.1 Å². The predicted octanol–water partition coefficient (Wildman–Crippen LogP) is 1.90. The summed E-state index contributed by atoms with van der Waals surface area (Å²) in [5.74, 6) is 0.642. The fraction of sp³-hybridized carbons (Fsp3) is 0.400. The van der Waals surface area contributed by atoms with E-state index < -0.39 is 0 Å². The van der Waals surface area contributed by atoms with E-state index in [2.05, 4.69) is 15.6 Å². The van der Waals surface area contributed by atoms with Crippen LogP contribution in [-0.4, -0.2) is 34.6 Å². The van der Waals surface area contributed by atoms with Crippen LogP contribution in [0.15, 0.2) is 33.6 Å². The molecule has 148 valence electrons. The molecular weight excluding hydrogens is 360 g/mol. The zero-order chi connectivity index (χ0) is 20.1. The van der Waals surface area contributed by atoms with Crippen molar-refractivity contribution in [1.82, 2.24) is 20.3 Å². The second-order valence-corrected chi connectivity index (χ2v) is 6.59. The first-order chi connectivity index (χ1) is 13.5. The van der Waals surface area contributed by atoms with E-state index in [0.29, 0.717) is 37.1 Å². The van der Waals surface area contributed by atoms with Crippen molar-refractivity contribution >= 4 is 16.7 Å². The van der Waals surface area contributed by atoms with Crippen LogP contribution < -0.4 is 10.9 Å². The largest absolute Gasteiger partial charge is 0.383 e. The van der Waals surface area contributed by atoms with Gasteiger partial charge in [-0.05, 0) is 26.3 Å². The molecule has 8 nitrogen and oxygen atoms in total. The Morgan fingerprint density at radius 1 is 1.25 bits per heavy atom. The minimum absolute atomic E-state index is 0.0967. The van der Waals surface area contributed by atoms with E-state index in [1.165, 1.54) is 4.68 Å². The predicted molar refractivity (Wildman–Crippen MR) is 104 cm³/mol. The summed E-state index contributed by atoms with van der Waals surface area (Å²) in [5.41, 5.74) is 2.26. The molecule has 0 aliphatic heterocycles. The summed E-state index contributed by atoms with van der Waals surface area (Å²) < 4.78 is 11.6. The third-order valence-electron chi connectivity index (χ3n) is 4.69. The van der Waals surface area contributed by atoms with Crippen LogP contribution in [0.3, 0.4) is 0 Å². The quantitative estimate of drug-likeness (QED) is 0.637. The minimum atomic E-state index is -0.166. The van der Waals surface area contributed by atoms with Crippen LogP contribution >= 0.6 is 0 Å². The second-order valence-electron chi connectivity index (χ2n) is 6.59. The number of benzene rings is 1. The van der Waals surface area contributed by atoms with Crippen LogP contribution in [0.25, 0.3) is 10.8 Å². The molecule has 1 amide bonds. The lowest BCUT2D eigenvalue weighted by atomic mass is 10.1. The van der Waals surface area contributed by atoms with Crippen LogP contribution in [-0.2, 0) is 29.0 Å². The third kappa shape index (κ3) is 4.28. The smallest absolute Gasteiger partial charge is 0.274 e. The number of methoxy groups -OCH3 is 1.